The van der Waals surface area contributed by atoms with Crippen LogP contribution < -0.4 is 10.1 Å². The maximum Gasteiger partial charge on any atom is 0.294 e. The van der Waals surface area contributed by atoms with Crippen molar-refractivity contribution in [2.75, 3.05) is 5.32 Å². The number of hydrogen-bond acceptors (Lipinski definition) is 6. The summed E-state index contributed by atoms with van der Waals surface area (Å²) in [5, 5.41) is 6.71. The van der Waals surface area contributed by atoms with E-state index in [1.165, 1.54) is 12.4 Å². The number of nitrogens with zero attached hydrogens (tertiary/aromatic N) is 3. The molecular formula is C20H14N4O3. The molecule has 2 aromatic carbocycles. The Morgan fingerprint density at radius 1 is 1.00 bits per heavy atom. The summed E-state index contributed by atoms with van der Waals surface area (Å²) in [5.41, 5.74) is 2.03. The molecule has 132 valence electrons. The normalized spacial score (nSPS) is 10.4. The molecule has 27 heavy (non-hydrogen) atoms. The molecule has 0 saturated heterocycles. The van der Waals surface area contributed by atoms with Crippen molar-refractivity contribution < 1.29 is 14.1 Å². The monoisotopic (exact) mass is 358 g/mol. The molecular weight excluding hydrogens is 344 g/mol. The molecule has 7 heteroatoms. The van der Waals surface area contributed by atoms with Gasteiger partial charge in [-0.2, -0.15) is 0 Å². The highest BCUT2D eigenvalue weighted by Gasteiger charge is 2.14. The molecule has 7 nitrogen and oxygen atoms in total. The first-order valence-electron chi connectivity index (χ1n) is 8.15. The number of anilines is 1. The molecule has 4 rings (SSSR count). The van der Waals surface area contributed by atoms with E-state index in [0.717, 1.165) is 5.56 Å². The Morgan fingerprint density at radius 3 is 2.70 bits per heavy atom. The predicted molar refractivity (Wildman–Crippen MR) is 98.4 cm³/mol. The van der Waals surface area contributed by atoms with Gasteiger partial charge in [0, 0.05) is 35.8 Å². The molecule has 0 unspecified atom stereocenters. The molecule has 0 aliphatic rings. The summed E-state index contributed by atoms with van der Waals surface area (Å²) >= 11 is 0. The number of rotatable bonds is 5. The van der Waals surface area contributed by atoms with Gasteiger partial charge >= 0.3 is 0 Å². The van der Waals surface area contributed by atoms with E-state index < -0.39 is 5.91 Å². The molecule has 0 saturated carbocycles. The number of nitrogens with one attached hydrogen (secondary N) is 1. The highest BCUT2D eigenvalue weighted by atomic mass is 16.5. The highest BCUT2D eigenvalue weighted by molar-refractivity contribution is 6.02. The van der Waals surface area contributed by atoms with Crippen LogP contribution in [0.1, 0.15) is 10.6 Å². The fraction of sp³-hybridized carbons (Fsp3) is 0. The van der Waals surface area contributed by atoms with Crippen molar-refractivity contribution in [3.8, 4) is 22.9 Å². The standard InChI is InChI=1S/C20H14N4O3/c25-20(18-12-17(24-27-18)14-5-2-1-3-6-14)23-15-7-4-8-16(11-15)26-19-13-21-9-10-22-19/h1-13H,(H,23,25). The van der Waals surface area contributed by atoms with Crippen molar-refractivity contribution in [2.45, 2.75) is 0 Å². The fourth-order valence-corrected chi connectivity index (χ4v) is 2.42. The number of benzene rings is 2. The third-order valence-corrected chi connectivity index (χ3v) is 3.66. The van der Waals surface area contributed by atoms with Crippen molar-refractivity contribution in [2.24, 2.45) is 0 Å². The average molecular weight is 358 g/mol. The van der Waals surface area contributed by atoms with Gasteiger partial charge in [-0.15, -0.1) is 0 Å². The molecule has 1 amide bonds. The highest BCUT2D eigenvalue weighted by Crippen LogP contribution is 2.23. The topological polar surface area (TPSA) is 90.1 Å². The van der Waals surface area contributed by atoms with Crippen molar-refractivity contribution in [3.63, 3.8) is 0 Å². The molecule has 0 atom stereocenters. The minimum Gasteiger partial charge on any atom is -0.437 e. The second-order valence-corrected chi connectivity index (χ2v) is 5.57. The van der Waals surface area contributed by atoms with Crippen molar-refractivity contribution in [3.05, 3.63) is 85.0 Å². The summed E-state index contributed by atoms with van der Waals surface area (Å²) in [4.78, 5) is 20.4. The smallest absolute Gasteiger partial charge is 0.294 e. The Labute approximate surface area is 154 Å². The second kappa shape index (κ2) is 7.49. The number of aromatic nitrogens is 3. The molecule has 0 spiro atoms. The van der Waals surface area contributed by atoms with E-state index >= 15 is 0 Å². The minimum atomic E-state index is -0.402. The quantitative estimate of drug-likeness (QED) is 0.576. The molecule has 0 aliphatic carbocycles. The molecule has 2 aromatic heterocycles. The fourth-order valence-electron chi connectivity index (χ4n) is 2.42. The zero-order valence-corrected chi connectivity index (χ0v) is 14.1. The van der Waals surface area contributed by atoms with E-state index in [1.807, 2.05) is 30.3 Å². The summed E-state index contributed by atoms with van der Waals surface area (Å²) in [6.07, 6.45) is 4.60. The van der Waals surface area contributed by atoms with Crippen LogP contribution in [0.15, 0.2) is 83.8 Å². The molecule has 2 heterocycles. The van der Waals surface area contributed by atoms with Crippen LogP contribution in [0.3, 0.4) is 0 Å². The Balaban J connectivity index is 1.47. The summed E-state index contributed by atoms with van der Waals surface area (Å²) in [6.45, 7) is 0. The largest absolute Gasteiger partial charge is 0.437 e. The molecule has 0 aliphatic heterocycles. The number of carbonyl (C=O) groups is 1. The minimum absolute atomic E-state index is 0.120. The number of amides is 1. The lowest BCUT2D eigenvalue weighted by Crippen LogP contribution is -2.10. The number of ether oxygens (including phenoxy) is 1. The van der Waals surface area contributed by atoms with Gasteiger partial charge in [0.25, 0.3) is 5.91 Å². The van der Waals surface area contributed by atoms with Gasteiger partial charge in [-0.3, -0.25) is 9.78 Å². The van der Waals surface area contributed by atoms with Crippen LogP contribution in [0.25, 0.3) is 11.3 Å². The lowest BCUT2D eigenvalue weighted by atomic mass is 10.1. The Morgan fingerprint density at radius 2 is 1.89 bits per heavy atom. The molecule has 0 fully saturated rings. The Bertz CT molecular complexity index is 1050. The first-order valence-corrected chi connectivity index (χ1v) is 8.15. The predicted octanol–water partition coefficient (Wildman–Crippen LogP) is 4.18. The second-order valence-electron chi connectivity index (χ2n) is 5.57. The van der Waals surface area contributed by atoms with Gasteiger partial charge in [0.2, 0.25) is 11.6 Å². The first-order chi connectivity index (χ1) is 13.3. The van der Waals surface area contributed by atoms with Crippen LogP contribution in [0, 0.1) is 0 Å². The average Bonchev–Trinajstić information content (AvgIpc) is 3.20. The van der Waals surface area contributed by atoms with Gasteiger partial charge in [-0.1, -0.05) is 41.6 Å². The summed E-state index contributed by atoms with van der Waals surface area (Å²) in [5.74, 6) is 0.606. The lowest BCUT2D eigenvalue weighted by Gasteiger charge is -2.07. The third-order valence-electron chi connectivity index (χ3n) is 3.66. The van der Waals surface area contributed by atoms with Crippen molar-refractivity contribution in [1.82, 2.24) is 15.1 Å². The van der Waals surface area contributed by atoms with Crippen molar-refractivity contribution in [1.29, 1.82) is 0 Å². The summed E-state index contributed by atoms with van der Waals surface area (Å²) < 4.78 is 10.8. The first kappa shape index (κ1) is 16.5. The van der Waals surface area contributed by atoms with E-state index in [0.29, 0.717) is 23.0 Å². The van der Waals surface area contributed by atoms with Gasteiger partial charge in [0.1, 0.15) is 11.4 Å². The van der Waals surface area contributed by atoms with E-state index in [-0.39, 0.29) is 5.76 Å². The Hall–Kier alpha value is -4.00. The van der Waals surface area contributed by atoms with Gasteiger partial charge in [-0.05, 0) is 12.1 Å². The van der Waals surface area contributed by atoms with E-state index in [9.17, 15) is 4.79 Å². The number of carbonyl (C=O) groups excluding carboxylic acids is 1. The third kappa shape index (κ3) is 3.98. The van der Waals surface area contributed by atoms with Crippen LogP contribution >= 0.6 is 0 Å². The van der Waals surface area contributed by atoms with E-state index in [2.05, 4.69) is 20.4 Å². The SMILES string of the molecule is O=C(Nc1cccc(Oc2cnccn2)c1)c1cc(-c2ccccc2)no1. The summed E-state index contributed by atoms with van der Waals surface area (Å²) in [7, 11) is 0. The van der Waals surface area contributed by atoms with Crippen LogP contribution in [0.2, 0.25) is 0 Å². The van der Waals surface area contributed by atoms with Crippen LogP contribution in [-0.4, -0.2) is 21.0 Å². The maximum atomic E-state index is 12.4. The van der Waals surface area contributed by atoms with E-state index in [1.54, 1.807) is 36.5 Å². The van der Waals surface area contributed by atoms with Gasteiger partial charge in [-0.25, -0.2) is 4.98 Å². The van der Waals surface area contributed by atoms with Gasteiger partial charge < -0.3 is 14.6 Å². The molecule has 0 bridgehead atoms. The molecule has 4 aromatic rings. The molecule has 1 N–H and O–H groups in total. The zero-order valence-electron chi connectivity index (χ0n) is 14.1. The van der Waals surface area contributed by atoms with Gasteiger partial charge in [0.15, 0.2) is 0 Å². The zero-order chi connectivity index (χ0) is 18.5. The van der Waals surface area contributed by atoms with Crippen LogP contribution in [0.5, 0.6) is 11.6 Å². The van der Waals surface area contributed by atoms with Crippen LogP contribution in [0.4, 0.5) is 5.69 Å². The Kier molecular flexibility index (Phi) is 4.57. The lowest BCUT2D eigenvalue weighted by molar-refractivity contribution is 0.0988. The van der Waals surface area contributed by atoms with Crippen LogP contribution in [-0.2, 0) is 0 Å². The number of hydrogen-bond donors (Lipinski definition) is 1. The summed E-state index contributed by atoms with van der Waals surface area (Å²) in [6, 6.07) is 18.0. The molecule has 0 radical (unpaired) electrons. The van der Waals surface area contributed by atoms with Crippen molar-refractivity contribution >= 4 is 11.6 Å². The van der Waals surface area contributed by atoms with Gasteiger partial charge in [0.05, 0.1) is 6.20 Å². The van der Waals surface area contributed by atoms with E-state index in [4.69, 9.17) is 9.26 Å². The maximum absolute atomic E-state index is 12.4.